The highest BCUT2D eigenvalue weighted by atomic mass is 35.5. The third-order valence-electron chi connectivity index (χ3n) is 9.21. The van der Waals surface area contributed by atoms with Crippen LogP contribution < -0.4 is 10.1 Å². The topological polar surface area (TPSA) is 150 Å². The van der Waals surface area contributed by atoms with Crippen LogP contribution in [0.15, 0.2) is 65.9 Å². The van der Waals surface area contributed by atoms with Crippen molar-refractivity contribution in [2.75, 3.05) is 30.7 Å². The zero-order valence-electron chi connectivity index (χ0n) is 30.2. The molecule has 1 N–H and O–H groups in total. The van der Waals surface area contributed by atoms with E-state index in [0.717, 1.165) is 11.1 Å². The summed E-state index contributed by atoms with van der Waals surface area (Å²) in [6.07, 6.45) is 2.60. The van der Waals surface area contributed by atoms with Crippen LogP contribution in [0.1, 0.15) is 76.5 Å². The molecule has 2 aliphatic rings. The second kappa shape index (κ2) is 16.7. The molecule has 1 unspecified atom stereocenters. The quantitative estimate of drug-likeness (QED) is 0.112. The first kappa shape index (κ1) is 39.1. The number of rotatable bonds is 12. The van der Waals surface area contributed by atoms with Gasteiger partial charge in [-0.25, -0.2) is 22.6 Å². The second-order valence-corrected chi connectivity index (χ2v) is 17.0. The lowest BCUT2D eigenvalue weighted by atomic mass is 9.86. The maximum atomic E-state index is 15.6. The lowest BCUT2D eigenvalue weighted by Crippen LogP contribution is -2.60. The lowest BCUT2D eigenvalue weighted by molar-refractivity contribution is -0.00328. The molecule has 1 amide bonds. The van der Waals surface area contributed by atoms with Crippen molar-refractivity contribution >= 4 is 33.4 Å². The molecule has 2 aromatic carbocycles. The molecule has 0 saturated carbocycles. The van der Waals surface area contributed by atoms with E-state index < -0.39 is 45.5 Å². The number of hydrogen-bond donors (Lipinski definition) is 1. The van der Waals surface area contributed by atoms with Crippen LogP contribution in [0, 0.1) is 5.82 Å². The minimum atomic E-state index is -3.57. The molecular formula is C37H47ClFN7O5S. The predicted octanol–water partition coefficient (Wildman–Crippen LogP) is 7.93. The summed E-state index contributed by atoms with van der Waals surface area (Å²) in [5, 5.41) is 8.06. The van der Waals surface area contributed by atoms with Gasteiger partial charge >= 0.3 is 6.09 Å². The second-order valence-electron chi connectivity index (χ2n) is 14.6. The monoisotopic (exact) mass is 755 g/mol. The van der Waals surface area contributed by atoms with Gasteiger partial charge in [0.25, 0.3) is 0 Å². The molecule has 1 aromatic heterocycles. The van der Waals surface area contributed by atoms with Crippen molar-refractivity contribution in [1.82, 2.24) is 14.2 Å². The maximum absolute atomic E-state index is 15.6. The highest BCUT2D eigenvalue weighted by Gasteiger charge is 2.44. The van der Waals surface area contributed by atoms with Gasteiger partial charge in [-0.05, 0) is 101 Å². The van der Waals surface area contributed by atoms with Crippen molar-refractivity contribution in [3.63, 3.8) is 0 Å². The summed E-state index contributed by atoms with van der Waals surface area (Å²) < 4.78 is 55.2. The smallest absolute Gasteiger partial charge is 0.410 e. The minimum Gasteiger partial charge on any atom is -0.475 e. The number of nitrogens with one attached hydrogen (secondary N) is 1. The summed E-state index contributed by atoms with van der Waals surface area (Å²) in [5.74, 6) is -0.443. The number of ether oxygens (including phenoxy) is 2. The Kier molecular flexibility index (Phi) is 12.6. The number of anilines is 1. The van der Waals surface area contributed by atoms with Crippen LogP contribution in [0.4, 0.5) is 14.9 Å². The molecule has 5 atom stereocenters. The van der Waals surface area contributed by atoms with Crippen LogP contribution in [-0.2, 0) is 21.2 Å². The highest BCUT2D eigenvalue weighted by Crippen LogP contribution is 2.34. The van der Waals surface area contributed by atoms with Gasteiger partial charge in [0.2, 0.25) is 15.9 Å². The number of amides is 1. The molecule has 2 aliphatic heterocycles. The predicted molar refractivity (Wildman–Crippen MR) is 200 cm³/mol. The molecule has 2 bridgehead atoms. The number of hydrogen-bond acceptors (Lipinski definition) is 8. The number of nitrogens with zero attached hydrogens (tertiary/aromatic N) is 6. The Labute approximate surface area is 310 Å². The molecule has 3 aromatic rings. The zero-order chi connectivity index (χ0) is 37.6. The number of carbonyl (C=O) groups is 1. The molecule has 2 fully saturated rings. The summed E-state index contributed by atoms with van der Waals surface area (Å²) in [7, 11) is -3.57. The summed E-state index contributed by atoms with van der Waals surface area (Å²) in [4.78, 5) is 22.6. The van der Waals surface area contributed by atoms with Crippen molar-refractivity contribution in [2.45, 2.75) is 96.1 Å². The van der Waals surface area contributed by atoms with Crippen LogP contribution in [0.3, 0.4) is 0 Å². The number of carbonyl (C=O) groups excluding carboxylic acids is 1. The van der Waals surface area contributed by atoms with Gasteiger partial charge in [-0.1, -0.05) is 41.0 Å². The van der Waals surface area contributed by atoms with Gasteiger partial charge in [0.15, 0.2) is 0 Å². The zero-order valence-corrected chi connectivity index (χ0v) is 31.8. The Morgan fingerprint density at radius 2 is 1.87 bits per heavy atom. The van der Waals surface area contributed by atoms with E-state index in [4.69, 9.17) is 21.1 Å². The summed E-state index contributed by atoms with van der Waals surface area (Å²) in [6.45, 7) is 9.66. The number of pyridine rings is 1. The minimum absolute atomic E-state index is 0.00670. The number of azide groups is 1. The molecule has 12 nitrogen and oxygen atoms in total. The fourth-order valence-electron chi connectivity index (χ4n) is 6.90. The van der Waals surface area contributed by atoms with Crippen LogP contribution >= 0.6 is 11.6 Å². The van der Waals surface area contributed by atoms with Crippen LogP contribution in [0.25, 0.3) is 10.4 Å². The van der Waals surface area contributed by atoms with E-state index in [9.17, 15) is 18.7 Å². The molecule has 0 spiro atoms. The summed E-state index contributed by atoms with van der Waals surface area (Å²) in [5.41, 5.74) is 11.4. The first-order valence-corrected chi connectivity index (χ1v) is 19.6. The average Bonchev–Trinajstić information content (AvgIpc) is 3.20. The highest BCUT2D eigenvalue weighted by molar-refractivity contribution is 7.89. The molecule has 0 radical (unpaired) electrons. The lowest BCUT2D eigenvalue weighted by Gasteiger charge is -2.44. The van der Waals surface area contributed by atoms with E-state index in [1.807, 2.05) is 32.0 Å². The van der Waals surface area contributed by atoms with Gasteiger partial charge in [0, 0.05) is 71.1 Å². The fraction of sp³-hybridized carbons (Fsp3) is 0.514. The van der Waals surface area contributed by atoms with E-state index in [2.05, 4.69) is 20.3 Å². The summed E-state index contributed by atoms with van der Waals surface area (Å²) in [6, 6.07) is 14.1. The van der Waals surface area contributed by atoms with Gasteiger partial charge < -0.3 is 19.7 Å². The van der Waals surface area contributed by atoms with Gasteiger partial charge in [0.1, 0.15) is 11.4 Å². The standard InChI is InChI=1S/C37H47ClFN7O5S/c1-24(2)50-34-18-13-26(20-42-34)35(25-11-14-27(38)15-12-25)33(43-44-40)21-41-32-10-6-9-31(39)30(32)17-16-29-22-45(36(47)51-37(3,4)5)28-8-7-19-52(48,49)46(29)23-28/h6,9-15,18,20,24,28-29,33,35,41H,7-8,16-17,19,21-23H2,1-5H3/t28-,29+,33-,35+/m1/s1. The van der Waals surface area contributed by atoms with Crippen LogP contribution in [0.5, 0.6) is 5.88 Å². The maximum Gasteiger partial charge on any atom is 0.410 e. The van der Waals surface area contributed by atoms with Crippen molar-refractivity contribution in [3.05, 3.63) is 98.8 Å². The Bertz CT molecular complexity index is 1850. The number of sulfonamides is 1. The van der Waals surface area contributed by atoms with Gasteiger partial charge in [0.05, 0.1) is 17.9 Å². The van der Waals surface area contributed by atoms with E-state index >= 15 is 4.39 Å². The molecule has 5 rings (SSSR count). The molecule has 3 heterocycles. The van der Waals surface area contributed by atoms with Gasteiger partial charge in [-0.3, -0.25) is 0 Å². The number of fused-ring (bicyclic) bond motifs is 2. The molecule has 15 heteroatoms. The van der Waals surface area contributed by atoms with Crippen molar-refractivity contribution < 1.29 is 27.1 Å². The van der Waals surface area contributed by atoms with Crippen LogP contribution in [0.2, 0.25) is 5.02 Å². The Morgan fingerprint density at radius 3 is 2.52 bits per heavy atom. The average molecular weight is 756 g/mol. The molecule has 280 valence electrons. The first-order valence-electron chi connectivity index (χ1n) is 17.6. The largest absolute Gasteiger partial charge is 0.475 e. The molecule has 2 saturated heterocycles. The van der Waals surface area contributed by atoms with E-state index in [1.165, 1.54) is 10.4 Å². The van der Waals surface area contributed by atoms with Gasteiger partial charge in [-0.2, -0.15) is 4.31 Å². The number of piperazine rings is 1. The SMILES string of the molecule is CC(C)Oc1ccc([C@H](c2ccc(Cl)cc2)[C@@H](CNc2cccc(F)c2CC[C@H]2CN(C(=O)OC(C)(C)C)[C@@H]3CCCS(=O)(=O)N2C3)N=[N+]=[N-])cn1. The van der Waals surface area contributed by atoms with Crippen LogP contribution in [-0.4, -0.2) is 83.9 Å². The third-order valence-corrected chi connectivity index (χ3v) is 11.4. The molecule has 52 heavy (non-hydrogen) atoms. The van der Waals surface area contributed by atoms with E-state index in [0.29, 0.717) is 35.0 Å². The van der Waals surface area contributed by atoms with Gasteiger partial charge in [-0.15, -0.1) is 0 Å². The first-order chi connectivity index (χ1) is 24.6. The van der Waals surface area contributed by atoms with Crippen molar-refractivity contribution in [3.8, 4) is 5.88 Å². The van der Waals surface area contributed by atoms with Crippen molar-refractivity contribution in [1.29, 1.82) is 0 Å². The Morgan fingerprint density at radius 1 is 1.13 bits per heavy atom. The normalized spacial score (nSPS) is 21.0. The Hall–Kier alpha value is -4.10. The molecular weight excluding hydrogens is 709 g/mol. The van der Waals surface area contributed by atoms with E-state index in [1.54, 1.807) is 62.2 Å². The molecule has 0 aliphatic carbocycles. The third kappa shape index (κ3) is 9.86. The van der Waals surface area contributed by atoms with E-state index in [-0.39, 0.29) is 50.4 Å². The fourth-order valence-corrected chi connectivity index (χ4v) is 8.82. The number of aromatic nitrogens is 1. The Balaban J connectivity index is 1.39. The number of benzene rings is 2. The summed E-state index contributed by atoms with van der Waals surface area (Å²) >= 11 is 6.21. The number of halogens is 2. The van der Waals surface area contributed by atoms with Crippen molar-refractivity contribution in [2.24, 2.45) is 5.11 Å².